The van der Waals surface area contributed by atoms with E-state index in [2.05, 4.69) is 20.8 Å². The van der Waals surface area contributed by atoms with Crippen molar-refractivity contribution in [3.8, 4) is 17.2 Å². The molecule has 1 aromatic heterocycles. The van der Waals surface area contributed by atoms with Gasteiger partial charge in [-0.05, 0) is 67.7 Å². The number of hydrogen-bond acceptors (Lipinski definition) is 6. The largest absolute Gasteiger partial charge is 0.494 e. The zero-order chi connectivity index (χ0) is 21.6. The maximum Gasteiger partial charge on any atom is 0.203 e. The number of benzene rings is 2. The van der Waals surface area contributed by atoms with E-state index in [9.17, 15) is 0 Å². The molecule has 0 N–H and O–H groups in total. The summed E-state index contributed by atoms with van der Waals surface area (Å²) in [6.07, 6.45) is 0. The molecule has 9 heteroatoms. The van der Waals surface area contributed by atoms with Gasteiger partial charge in [-0.1, -0.05) is 15.9 Å². The Bertz CT molecular complexity index is 1040. The topological polar surface area (TPSA) is 53.7 Å². The number of ether oxygens (including phenoxy) is 3. The molecule has 31 heavy (non-hydrogen) atoms. The highest BCUT2D eigenvalue weighted by molar-refractivity contribution is 9.10. The molecular formula is C22H25BrN4O3S. The first-order valence-corrected chi connectivity index (χ1v) is 11.4. The summed E-state index contributed by atoms with van der Waals surface area (Å²) < 4.78 is 22.5. The molecule has 0 spiro atoms. The van der Waals surface area contributed by atoms with Crippen molar-refractivity contribution < 1.29 is 14.2 Å². The smallest absolute Gasteiger partial charge is 0.203 e. The van der Waals surface area contributed by atoms with Gasteiger partial charge in [0, 0.05) is 17.6 Å². The molecule has 0 bridgehead atoms. The third-order valence-corrected chi connectivity index (χ3v) is 5.85. The molecular weight excluding hydrogens is 480 g/mol. The van der Waals surface area contributed by atoms with Gasteiger partial charge in [0.25, 0.3) is 0 Å². The van der Waals surface area contributed by atoms with Crippen LogP contribution in [0.5, 0.6) is 11.5 Å². The molecule has 164 valence electrons. The molecule has 1 aliphatic heterocycles. The highest BCUT2D eigenvalue weighted by atomic mass is 79.9. The van der Waals surface area contributed by atoms with Crippen molar-refractivity contribution in [2.75, 3.05) is 32.9 Å². The third-order valence-electron chi connectivity index (χ3n) is 4.93. The summed E-state index contributed by atoms with van der Waals surface area (Å²) >= 11 is 9.26. The Hall–Kier alpha value is -2.20. The molecule has 2 heterocycles. The molecule has 0 atom stereocenters. The Morgan fingerprint density at radius 2 is 1.65 bits per heavy atom. The van der Waals surface area contributed by atoms with Crippen LogP contribution in [0, 0.1) is 4.77 Å². The molecule has 0 saturated carbocycles. The zero-order valence-corrected chi connectivity index (χ0v) is 19.8. The van der Waals surface area contributed by atoms with Crippen LogP contribution in [0.2, 0.25) is 0 Å². The van der Waals surface area contributed by atoms with Crippen LogP contribution in [-0.4, -0.2) is 52.2 Å². The predicted octanol–water partition coefficient (Wildman–Crippen LogP) is 4.43. The number of halogens is 1. The average molecular weight is 505 g/mol. The van der Waals surface area contributed by atoms with E-state index in [4.69, 9.17) is 31.5 Å². The van der Waals surface area contributed by atoms with Gasteiger partial charge in [-0.15, -0.1) is 0 Å². The van der Waals surface area contributed by atoms with E-state index in [1.165, 1.54) is 0 Å². The van der Waals surface area contributed by atoms with E-state index in [0.717, 1.165) is 53.8 Å². The standard InChI is InChI=1S/C22H25BrN4O3S/c1-2-29-19-9-5-18(6-10-19)27-21(15-30-20-7-3-17(23)4-8-20)24-26(22(27)31)16-25-11-13-28-14-12-25/h3-10H,2,11-16H2,1H3. The van der Waals surface area contributed by atoms with Crippen molar-refractivity contribution in [1.29, 1.82) is 0 Å². The first-order chi connectivity index (χ1) is 15.1. The molecule has 0 unspecified atom stereocenters. The first kappa shape index (κ1) is 22.0. The molecule has 0 aliphatic carbocycles. The van der Waals surface area contributed by atoms with Crippen LogP contribution in [0.4, 0.5) is 0 Å². The second-order valence-corrected chi connectivity index (χ2v) is 8.36. The summed E-state index contributed by atoms with van der Waals surface area (Å²) in [7, 11) is 0. The number of hydrogen-bond donors (Lipinski definition) is 0. The van der Waals surface area contributed by atoms with E-state index in [-0.39, 0.29) is 0 Å². The minimum atomic E-state index is 0.300. The van der Waals surface area contributed by atoms with Crippen molar-refractivity contribution in [1.82, 2.24) is 19.2 Å². The highest BCUT2D eigenvalue weighted by Crippen LogP contribution is 2.21. The van der Waals surface area contributed by atoms with Gasteiger partial charge in [-0.25, -0.2) is 4.68 Å². The van der Waals surface area contributed by atoms with Crippen LogP contribution in [0.15, 0.2) is 53.0 Å². The third kappa shape index (κ3) is 5.54. The molecule has 3 aromatic rings. The van der Waals surface area contributed by atoms with Gasteiger partial charge in [0.1, 0.15) is 18.1 Å². The maximum atomic E-state index is 6.01. The first-order valence-electron chi connectivity index (χ1n) is 10.2. The molecule has 4 rings (SSSR count). The molecule has 1 fully saturated rings. The second-order valence-electron chi connectivity index (χ2n) is 7.08. The average Bonchev–Trinajstić information content (AvgIpc) is 3.10. The van der Waals surface area contributed by atoms with Crippen LogP contribution < -0.4 is 9.47 Å². The molecule has 0 radical (unpaired) electrons. The lowest BCUT2D eigenvalue weighted by atomic mass is 10.3. The minimum Gasteiger partial charge on any atom is -0.494 e. The summed E-state index contributed by atoms with van der Waals surface area (Å²) in [6.45, 7) is 6.70. The van der Waals surface area contributed by atoms with E-state index in [1.807, 2.05) is 64.7 Å². The fraction of sp³-hybridized carbons (Fsp3) is 0.364. The summed E-state index contributed by atoms with van der Waals surface area (Å²) in [4.78, 5) is 2.29. The lowest BCUT2D eigenvalue weighted by Crippen LogP contribution is -2.37. The van der Waals surface area contributed by atoms with Gasteiger partial charge in [-0.3, -0.25) is 9.47 Å². The Morgan fingerprint density at radius 1 is 1.00 bits per heavy atom. The van der Waals surface area contributed by atoms with Crippen molar-refractivity contribution >= 4 is 28.1 Å². The number of nitrogens with zero attached hydrogens (tertiary/aromatic N) is 4. The summed E-state index contributed by atoms with van der Waals surface area (Å²) in [6, 6.07) is 15.6. The SMILES string of the molecule is CCOc1ccc(-n2c(COc3ccc(Br)cc3)nn(CN3CCOCC3)c2=S)cc1. The Balaban J connectivity index is 1.62. The Labute approximate surface area is 195 Å². The molecule has 0 amide bonds. The monoisotopic (exact) mass is 504 g/mol. The quantitative estimate of drug-likeness (QED) is 0.423. The Kier molecular flexibility index (Phi) is 7.39. The second kappa shape index (κ2) is 10.4. The van der Waals surface area contributed by atoms with Gasteiger partial charge in [0.05, 0.1) is 32.2 Å². The van der Waals surface area contributed by atoms with Crippen molar-refractivity contribution in [3.05, 3.63) is 63.6 Å². The van der Waals surface area contributed by atoms with Crippen LogP contribution >= 0.6 is 28.1 Å². The zero-order valence-electron chi connectivity index (χ0n) is 17.4. The minimum absolute atomic E-state index is 0.300. The molecule has 7 nitrogen and oxygen atoms in total. The van der Waals surface area contributed by atoms with Crippen LogP contribution in [0.3, 0.4) is 0 Å². The van der Waals surface area contributed by atoms with Gasteiger partial charge in [-0.2, -0.15) is 5.10 Å². The predicted molar refractivity (Wildman–Crippen MR) is 124 cm³/mol. The van der Waals surface area contributed by atoms with Crippen LogP contribution in [-0.2, 0) is 18.0 Å². The molecule has 2 aromatic carbocycles. The summed E-state index contributed by atoms with van der Waals surface area (Å²) in [5, 5.41) is 4.80. The summed E-state index contributed by atoms with van der Waals surface area (Å²) in [5.74, 6) is 2.34. The van der Waals surface area contributed by atoms with Gasteiger partial charge >= 0.3 is 0 Å². The molecule has 1 aliphatic rings. The Morgan fingerprint density at radius 3 is 2.32 bits per heavy atom. The van der Waals surface area contributed by atoms with E-state index in [0.29, 0.717) is 24.7 Å². The van der Waals surface area contributed by atoms with Gasteiger partial charge in [0.2, 0.25) is 4.77 Å². The van der Waals surface area contributed by atoms with Gasteiger partial charge in [0.15, 0.2) is 5.82 Å². The normalized spacial score (nSPS) is 14.5. The number of rotatable bonds is 8. The van der Waals surface area contributed by atoms with E-state index < -0.39 is 0 Å². The lowest BCUT2D eigenvalue weighted by molar-refractivity contribution is 0.0209. The number of morpholine rings is 1. The lowest BCUT2D eigenvalue weighted by Gasteiger charge is -2.26. The fourth-order valence-electron chi connectivity index (χ4n) is 3.37. The number of aromatic nitrogens is 3. The van der Waals surface area contributed by atoms with E-state index in [1.54, 1.807) is 0 Å². The van der Waals surface area contributed by atoms with Crippen LogP contribution in [0.25, 0.3) is 5.69 Å². The van der Waals surface area contributed by atoms with Crippen molar-refractivity contribution in [2.45, 2.75) is 20.2 Å². The maximum absolute atomic E-state index is 6.01. The fourth-order valence-corrected chi connectivity index (χ4v) is 3.94. The van der Waals surface area contributed by atoms with Crippen LogP contribution in [0.1, 0.15) is 12.7 Å². The van der Waals surface area contributed by atoms with Crippen molar-refractivity contribution in [3.63, 3.8) is 0 Å². The summed E-state index contributed by atoms with van der Waals surface area (Å²) in [5.41, 5.74) is 0.927. The highest BCUT2D eigenvalue weighted by Gasteiger charge is 2.17. The van der Waals surface area contributed by atoms with Crippen molar-refractivity contribution in [2.24, 2.45) is 0 Å². The van der Waals surface area contributed by atoms with E-state index >= 15 is 0 Å². The van der Waals surface area contributed by atoms with Gasteiger partial charge < -0.3 is 14.2 Å². The molecule has 1 saturated heterocycles.